The van der Waals surface area contributed by atoms with Gasteiger partial charge in [-0.2, -0.15) is 5.26 Å². The van der Waals surface area contributed by atoms with Crippen molar-refractivity contribution < 1.29 is 0 Å². The highest BCUT2D eigenvalue weighted by Crippen LogP contribution is 2.51. The van der Waals surface area contributed by atoms with E-state index in [1.165, 1.54) is 0 Å². The fraction of sp³-hybridized carbons (Fsp3) is 0.455. The molecule has 1 saturated carbocycles. The van der Waals surface area contributed by atoms with Crippen LogP contribution in [-0.4, -0.2) is 18.1 Å². The van der Waals surface area contributed by atoms with Crippen LogP contribution in [0.15, 0.2) is 18.3 Å². The Labute approximate surface area is 93.3 Å². The molecule has 0 N–H and O–H groups in total. The zero-order valence-corrected chi connectivity index (χ0v) is 8.85. The van der Waals surface area contributed by atoms with E-state index in [1.807, 2.05) is 6.07 Å². The Bertz CT molecular complexity index is 428. The monoisotopic (exact) mass is 219 g/mol. The number of fused-ring (bicyclic) bond motifs is 1. The fourth-order valence-electron chi connectivity index (χ4n) is 2.47. The van der Waals surface area contributed by atoms with Gasteiger partial charge in [-0.05, 0) is 24.0 Å². The summed E-state index contributed by atoms with van der Waals surface area (Å²) in [5, 5.41) is 9.53. The van der Waals surface area contributed by atoms with Crippen LogP contribution in [0.5, 0.6) is 0 Å². The molecule has 0 radical (unpaired) electrons. The fourth-order valence-corrected chi connectivity index (χ4v) is 2.63. The minimum atomic E-state index is 0.292. The number of rotatable bonds is 1. The summed E-state index contributed by atoms with van der Waals surface area (Å²) in [5.74, 6) is 2.36. The van der Waals surface area contributed by atoms with E-state index in [0.29, 0.717) is 17.8 Å². The van der Waals surface area contributed by atoms with Crippen LogP contribution in [-0.2, 0) is 0 Å². The van der Waals surface area contributed by atoms with Crippen LogP contribution in [0.2, 0.25) is 5.02 Å². The van der Waals surface area contributed by atoms with E-state index >= 15 is 0 Å². The number of aromatic nitrogens is 1. The van der Waals surface area contributed by atoms with Gasteiger partial charge in [-0.25, -0.2) is 4.98 Å². The Kier molecular flexibility index (Phi) is 1.86. The largest absolute Gasteiger partial charge is 0.356 e. The number of halogens is 1. The predicted octanol–water partition coefficient (Wildman–Crippen LogP) is 1.94. The Morgan fingerprint density at radius 3 is 2.80 bits per heavy atom. The molecule has 0 aromatic carbocycles. The molecular formula is C11H10ClN3. The third kappa shape index (κ3) is 1.37. The van der Waals surface area contributed by atoms with Crippen LogP contribution in [0, 0.1) is 29.1 Å². The highest BCUT2D eigenvalue weighted by atomic mass is 35.5. The molecule has 1 aromatic heterocycles. The number of hydrogen-bond donors (Lipinski definition) is 0. The van der Waals surface area contributed by atoms with Crippen molar-refractivity contribution in [2.75, 3.05) is 18.0 Å². The molecular weight excluding hydrogens is 210 g/mol. The lowest BCUT2D eigenvalue weighted by molar-refractivity contribution is 0.736. The molecule has 3 atom stereocenters. The third-order valence-electron chi connectivity index (χ3n) is 3.37. The lowest BCUT2D eigenvalue weighted by atomic mass is 10.3. The smallest absolute Gasteiger partial charge is 0.129 e. The highest BCUT2D eigenvalue weighted by molar-refractivity contribution is 6.30. The van der Waals surface area contributed by atoms with E-state index < -0.39 is 0 Å². The number of hydrogen-bond acceptors (Lipinski definition) is 3. The zero-order valence-electron chi connectivity index (χ0n) is 8.10. The number of piperidine rings is 1. The highest BCUT2D eigenvalue weighted by Gasteiger charge is 2.56. The van der Waals surface area contributed by atoms with Gasteiger partial charge in [0, 0.05) is 24.3 Å². The van der Waals surface area contributed by atoms with Gasteiger partial charge in [-0.3, -0.25) is 0 Å². The van der Waals surface area contributed by atoms with Crippen molar-refractivity contribution in [3.05, 3.63) is 23.4 Å². The first-order valence-electron chi connectivity index (χ1n) is 5.05. The Balaban J connectivity index is 1.75. The van der Waals surface area contributed by atoms with E-state index in [4.69, 9.17) is 16.9 Å². The SMILES string of the molecule is N#C[C@H]1[C@H]2CN(c3cc(Cl)ccn3)C[C@@H]12. The van der Waals surface area contributed by atoms with Crippen LogP contribution in [0.4, 0.5) is 5.82 Å². The van der Waals surface area contributed by atoms with E-state index in [1.54, 1.807) is 12.3 Å². The summed E-state index contributed by atoms with van der Waals surface area (Å²) in [6, 6.07) is 6.01. The maximum absolute atomic E-state index is 8.81. The van der Waals surface area contributed by atoms with Crippen LogP contribution in [0.3, 0.4) is 0 Å². The average molecular weight is 220 g/mol. The van der Waals surface area contributed by atoms with Crippen LogP contribution >= 0.6 is 11.6 Å². The summed E-state index contributed by atoms with van der Waals surface area (Å²) in [5.41, 5.74) is 0. The molecule has 15 heavy (non-hydrogen) atoms. The molecule has 0 spiro atoms. The van der Waals surface area contributed by atoms with E-state index in [-0.39, 0.29) is 0 Å². The van der Waals surface area contributed by atoms with Gasteiger partial charge in [0.25, 0.3) is 0 Å². The van der Waals surface area contributed by atoms with Crippen molar-refractivity contribution in [1.29, 1.82) is 5.26 Å². The van der Waals surface area contributed by atoms with Gasteiger partial charge in [0.1, 0.15) is 5.82 Å². The van der Waals surface area contributed by atoms with Crippen LogP contribution < -0.4 is 4.90 Å². The predicted molar refractivity (Wildman–Crippen MR) is 57.5 cm³/mol. The van der Waals surface area contributed by atoms with Crippen molar-refractivity contribution in [2.45, 2.75) is 0 Å². The van der Waals surface area contributed by atoms with Crippen LogP contribution in [0.1, 0.15) is 0 Å². The van der Waals surface area contributed by atoms with Crippen molar-refractivity contribution in [3.63, 3.8) is 0 Å². The van der Waals surface area contributed by atoms with Gasteiger partial charge in [0.15, 0.2) is 0 Å². The Morgan fingerprint density at radius 2 is 2.20 bits per heavy atom. The van der Waals surface area contributed by atoms with Crippen molar-refractivity contribution in [1.82, 2.24) is 4.98 Å². The van der Waals surface area contributed by atoms with Crippen LogP contribution in [0.25, 0.3) is 0 Å². The first kappa shape index (κ1) is 8.99. The summed E-state index contributed by atoms with van der Waals surface area (Å²) >= 11 is 5.91. The molecule has 2 aliphatic rings. The number of nitrogens with zero attached hydrogens (tertiary/aromatic N) is 3. The summed E-state index contributed by atoms with van der Waals surface area (Å²) < 4.78 is 0. The van der Waals surface area contributed by atoms with Gasteiger partial charge in [0.2, 0.25) is 0 Å². The van der Waals surface area contributed by atoms with E-state index in [9.17, 15) is 0 Å². The molecule has 0 unspecified atom stereocenters. The summed E-state index contributed by atoms with van der Waals surface area (Å²) in [6.45, 7) is 1.91. The second-order valence-corrected chi connectivity index (χ2v) is 4.66. The molecule has 1 aromatic rings. The minimum absolute atomic E-state index is 0.292. The topological polar surface area (TPSA) is 39.9 Å². The second-order valence-electron chi connectivity index (χ2n) is 4.22. The molecule has 1 saturated heterocycles. The van der Waals surface area contributed by atoms with E-state index in [0.717, 1.165) is 23.9 Å². The van der Waals surface area contributed by atoms with Crippen molar-refractivity contribution >= 4 is 17.4 Å². The van der Waals surface area contributed by atoms with Gasteiger partial charge in [-0.15, -0.1) is 0 Å². The molecule has 0 amide bonds. The quantitative estimate of drug-likeness (QED) is 0.725. The second kappa shape index (κ2) is 3.11. The molecule has 2 fully saturated rings. The molecule has 3 nitrogen and oxygen atoms in total. The average Bonchev–Trinajstić information content (AvgIpc) is 2.70. The first-order chi connectivity index (χ1) is 7.29. The molecule has 4 heteroatoms. The number of nitriles is 1. The van der Waals surface area contributed by atoms with Crippen molar-refractivity contribution in [3.8, 4) is 6.07 Å². The lowest BCUT2D eigenvalue weighted by Crippen LogP contribution is -2.24. The molecule has 0 bridgehead atoms. The lowest BCUT2D eigenvalue weighted by Gasteiger charge is -2.19. The first-order valence-corrected chi connectivity index (χ1v) is 5.43. The Morgan fingerprint density at radius 1 is 1.47 bits per heavy atom. The third-order valence-corrected chi connectivity index (χ3v) is 3.61. The molecule has 3 rings (SSSR count). The number of pyridine rings is 1. The van der Waals surface area contributed by atoms with Gasteiger partial charge in [0.05, 0.1) is 12.0 Å². The summed E-state index contributed by atoms with van der Waals surface area (Å²) in [4.78, 5) is 6.50. The molecule has 1 aliphatic heterocycles. The molecule has 1 aliphatic carbocycles. The normalized spacial score (nSPS) is 32.3. The maximum Gasteiger partial charge on any atom is 0.129 e. The maximum atomic E-state index is 8.81. The Hall–Kier alpha value is -1.27. The molecule has 2 heterocycles. The van der Waals surface area contributed by atoms with Gasteiger partial charge >= 0.3 is 0 Å². The standard InChI is InChI=1S/C11H10ClN3/c12-7-1-2-14-11(3-7)15-5-9-8(4-13)10(9)6-15/h1-3,8-10H,5-6H2/t8-,9+,10-. The van der Waals surface area contributed by atoms with E-state index in [2.05, 4.69) is 16.0 Å². The van der Waals surface area contributed by atoms with Gasteiger partial charge < -0.3 is 4.90 Å². The van der Waals surface area contributed by atoms with Crippen molar-refractivity contribution in [2.24, 2.45) is 17.8 Å². The zero-order chi connectivity index (χ0) is 10.4. The molecule has 76 valence electrons. The summed E-state index contributed by atoms with van der Waals surface area (Å²) in [6.07, 6.45) is 1.73. The summed E-state index contributed by atoms with van der Waals surface area (Å²) in [7, 11) is 0. The minimum Gasteiger partial charge on any atom is -0.356 e. The van der Waals surface area contributed by atoms with Gasteiger partial charge in [-0.1, -0.05) is 11.6 Å². The number of anilines is 1.